The lowest BCUT2D eigenvalue weighted by Gasteiger charge is -2.28. The maximum Gasteiger partial charge on any atom is 0.139 e. The summed E-state index contributed by atoms with van der Waals surface area (Å²) in [5, 5.41) is 4.29. The molecule has 4 N–H and O–H groups in total. The molecule has 2 heterocycles. The molecule has 0 aliphatic carbocycles. The van der Waals surface area contributed by atoms with E-state index in [4.69, 9.17) is 17.3 Å². The van der Waals surface area contributed by atoms with Crippen molar-refractivity contribution >= 4 is 17.3 Å². The summed E-state index contributed by atoms with van der Waals surface area (Å²) in [5.41, 5.74) is 13.6. The molecule has 1 aromatic heterocycles. The number of aromatic amines is 1. The number of halogens is 1. The minimum Gasteiger partial charge on any atom is -0.398 e. The maximum absolute atomic E-state index is 6.55. The van der Waals surface area contributed by atoms with Gasteiger partial charge in [-0.1, -0.05) is 60.1 Å². The molecule has 0 fully saturated rings. The number of imidazole rings is 1. The van der Waals surface area contributed by atoms with E-state index in [9.17, 15) is 0 Å². The molecular weight excluding hydrogens is 380 g/mol. The Morgan fingerprint density at radius 2 is 1.86 bits per heavy atom. The summed E-state index contributed by atoms with van der Waals surface area (Å²) < 4.78 is 0. The number of benzene rings is 3. The topological polar surface area (TPSA) is 66.7 Å². The Morgan fingerprint density at radius 3 is 2.72 bits per heavy atom. The first-order valence-corrected chi connectivity index (χ1v) is 10.1. The number of nitrogens with two attached hydrogens (primary N) is 1. The SMILES string of the molecule is Nc1cccc2c1CCNC2c1ccc(Cl)c(-c2ncc(-c3ccccc3)[nH]2)c1. The van der Waals surface area contributed by atoms with E-state index in [1.807, 2.05) is 42.6 Å². The first kappa shape index (κ1) is 18.0. The average Bonchev–Trinajstić information content (AvgIpc) is 3.25. The fraction of sp³-hybridized carbons (Fsp3) is 0.125. The van der Waals surface area contributed by atoms with Gasteiger partial charge in [-0.15, -0.1) is 0 Å². The Balaban J connectivity index is 1.55. The molecule has 1 atom stereocenters. The minimum absolute atomic E-state index is 0.0850. The molecule has 0 radical (unpaired) electrons. The maximum atomic E-state index is 6.55. The van der Waals surface area contributed by atoms with Crippen molar-refractivity contribution in [2.24, 2.45) is 0 Å². The molecule has 5 heteroatoms. The number of nitrogens with one attached hydrogen (secondary N) is 2. The van der Waals surface area contributed by atoms with E-state index in [-0.39, 0.29) is 6.04 Å². The molecule has 29 heavy (non-hydrogen) atoms. The molecule has 1 aliphatic rings. The minimum atomic E-state index is 0.0850. The summed E-state index contributed by atoms with van der Waals surface area (Å²) in [7, 11) is 0. The van der Waals surface area contributed by atoms with Gasteiger partial charge in [0.05, 0.1) is 23.0 Å². The van der Waals surface area contributed by atoms with Crippen molar-refractivity contribution < 1.29 is 0 Å². The summed E-state index contributed by atoms with van der Waals surface area (Å²) in [6, 6.07) is 22.5. The van der Waals surface area contributed by atoms with Crippen LogP contribution >= 0.6 is 11.6 Å². The zero-order valence-corrected chi connectivity index (χ0v) is 16.6. The number of rotatable bonds is 3. The van der Waals surface area contributed by atoms with Crippen LogP contribution in [0.15, 0.2) is 72.9 Å². The van der Waals surface area contributed by atoms with Crippen LogP contribution in [0.25, 0.3) is 22.6 Å². The summed E-state index contributed by atoms with van der Waals surface area (Å²) in [5.74, 6) is 0.763. The lowest BCUT2D eigenvalue weighted by Crippen LogP contribution is -2.31. The largest absolute Gasteiger partial charge is 0.398 e. The van der Waals surface area contributed by atoms with Crippen LogP contribution in [0.2, 0.25) is 5.02 Å². The van der Waals surface area contributed by atoms with Gasteiger partial charge in [-0.25, -0.2) is 4.98 Å². The molecule has 0 amide bonds. The van der Waals surface area contributed by atoms with Gasteiger partial charge >= 0.3 is 0 Å². The second-order valence-corrected chi connectivity index (χ2v) is 7.71. The van der Waals surface area contributed by atoms with Crippen LogP contribution in [-0.4, -0.2) is 16.5 Å². The van der Waals surface area contributed by atoms with Gasteiger partial charge in [0.15, 0.2) is 0 Å². The smallest absolute Gasteiger partial charge is 0.139 e. The Hall–Kier alpha value is -3.08. The second kappa shape index (κ2) is 7.39. The molecule has 1 unspecified atom stereocenters. The third-order valence-electron chi connectivity index (χ3n) is 5.52. The van der Waals surface area contributed by atoms with Gasteiger partial charge in [0.2, 0.25) is 0 Å². The number of hydrogen-bond donors (Lipinski definition) is 3. The van der Waals surface area contributed by atoms with E-state index in [0.717, 1.165) is 46.9 Å². The van der Waals surface area contributed by atoms with Crippen LogP contribution in [0.1, 0.15) is 22.7 Å². The molecule has 4 nitrogen and oxygen atoms in total. The third-order valence-corrected chi connectivity index (χ3v) is 5.85. The van der Waals surface area contributed by atoms with Gasteiger partial charge in [0.1, 0.15) is 5.82 Å². The predicted molar refractivity (Wildman–Crippen MR) is 119 cm³/mol. The third kappa shape index (κ3) is 3.31. The van der Waals surface area contributed by atoms with Crippen molar-refractivity contribution in [3.63, 3.8) is 0 Å². The number of fused-ring (bicyclic) bond motifs is 1. The van der Waals surface area contributed by atoms with E-state index in [1.165, 1.54) is 11.1 Å². The van der Waals surface area contributed by atoms with E-state index in [2.05, 4.69) is 45.6 Å². The zero-order valence-electron chi connectivity index (χ0n) is 15.8. The molecular formula is C24H21ClN4. The molecule has 0 bridgehead atoms. The molecule has 3 aromatic carbocycles. The zero-order chi connectivity index (χ0) is 19.8. The summed E-state index contributed by atoms with van der Waals surface area (Å²) in [4.78, 5) is 8.00. The molecule has 1 aliphatic heterocycles. The fourth-order valence-electron chi connectivity index (χ4n) is 4.06. The number of anilines is 1. The summed E-state index contributed by atoms with van der Waals surface area (Å²) in [6.45, 7) is 0.892. The molecule has 4 aromatic rings. The number of hydrogen-bond acceptors (Lipinski definition) is 3. The van der Waals surface area contributed by atoms with Crippen molar-refractivity contribution in [2.75, 3.05) is 12.3 Å². The predicted octanol–water partition coefficient (Wildman–Crippen LogP) is 5.21. The highest BCUT2D eigenvalue weighted by Gasteiger charge is 2.23. The monoisotopic (exact) mass is 400 g/mol. The van der Waals surface area contributed by atoms with Crippen molar-refractivity contribution in [1.82, 2.24) is 15.3 Å². The summed E-state index contributed by atoms with van der Waals surface area (Å²) >= 11 is 6.55. The van der Waals surface area contributed by atoms with Crippen LogP contribution in [0.5, 0.6) is 0 Å². The number of aromatic nitrogens is 2. The Morgan fingerprint density at radius 1 is 1.00 bits per heavy atom. The number of nitrogens with zero attached hydrogens (tertiary/aromatic N) is 1. The molecule has 144 valence electrons. The Kier molecular flexibility index (Phi) is 4.58. The van der Waals surface area contributed by atoms with Gasteiger partial charge in [-0.2, -0.15) is 0 Å². The standard InChI is InChI=1S/C24H21ClN4/c25-20-10-9-16(23-18-7-4-8-21(26)17(18)11-12-27-23)13-19(20)24-28-14-22(29-24)15-5-2-1-3-6-15/h1-10,13-14,23,27H,11-12,26H2,(H,28,29). The van der Waals surface area contributed by atoms with E-state index < -0.39 is 0 Å². The van der Waals surface area contributed by atoms with Crippen LogP contribution in [0.4, 0.5) is 5.69 Å². The Labute approximate surface area is 174 Å². The highest BCUT2D eigenvalue weighted by atomic mass is 35.5. The van der Waals surface area contributed by atoms with Crippen molar-refractivity contribution in [3.8, 4) is 22.6 Å². The van der Waals surface area contributed by atoms with Crippen molar-refractivity contribution in [2.45, 2.75) is 12.5 Å². The molecule has 5 rings (SSSR count). The molecule has 0 saturated heterocycles. The highest BCUT2D eigenvalue weighted by molar-refractivity contribution is 6.33. The number of nitrogen functional groups attached to an aromatic ring is 1. The van der Waals surface area contributed by atoms with Crippen LogP contribution < -0.4 is 11.1 Å². The van der Waals surface area contributed by atoms with Crippen LogP contribution in [0.3, 0.4) is 0 Å². The first-order valence-electron chi connectivity index (χ1n) is 9.71. The highest BCUT2D eigenvalue weighted by Crippen LogP contribution is 2.35. The fourth-order valence-corrected chi connectivity index (χ4v) is 4.26. The first-order chi connectivity index (χ1) is 14.2. The van der Waals surface area contributed by atoms with Crippen molar-refractivity contribution in [3.05, 3.63) is 94.6 Å². The van der Waals surface area contributed by atoms with Gasteiger partial charge < -0.3 is 16.0 Å². The number of H-pyrrole nitrogens is 1. The van der Waals surface area contributed by atoms with Gasteiger partial charge in [0, 0.05) is 17.8 Å². The van der Waals surface area contributed by atoms with Gasteiger partial charge in [0.25, 0.3) is 0 Å². The average molecular weight is 401 g/mol. The van der Waals surface area contributed by atoms with E-state index in [0.29, 0.717) is 5.02 Å². The molecule has 0 saturated carbocycles. The normalized spacial score (nSPS) is 15.8. The van der Waals surface area contributed by atoms with E-state index >= 15 is 0 Å². The second-order valence-electron chi connectivity index (χ2n) is 7.30. The summed E-state index contributed by atoms with van der Waals surface area (Å²) in [6.07, 6.45) is 2.79. The van der Waals surface area contributed by atoms with Crippen molar-refractivity contribution in [1.29, 1.82) is 0 Å². The quantitative estimate of drug-likeness (QED) is 0.413. The Bertz CT molecular complexity index is 1170. The van der Waals surface area contributed by atoms with Gasteiger partial charge in [-0.05, 0) is 46.9 Å². The lowest BCUT2D eigenvalue weighted by molar-refractivity contribution is 0.569. The van der Waals surface area contributed by atoms with Crippen LogP contribution in [-0.2, 0) is 6.42 Å². The lowest BCUT2D eigenvalue weighted by atomic mass is 9.88. The van der Waals surface area contributed by atoms with Gasteiger partial charge in [-0.3, -0.25) is 0 Å². The van der Waals surface area contributed by atoms with Crippen LogP contribution in [0, 0.1) is 0 Å². The van der Waals surface area contributed by atoms with E-state index in [1.54, 1.807) is 0 Å². The molecule has 0 spiro atoms.